The summed E-state index contributed by atoms with van der Waals surface area (Å²) in [6.45, 7) is 1.77. The maximum absolute atomic E-state index is 12.9. The van der Waals surface area contributed by atoms with E-state index in [1.54, 1.807) is 6.92 Å². The summed E-state index contributed by atoms with van der Waals surface area (Å²) in [4.78, 5) is 26.5. The molecule has 6 nitrogen and oxygen atoms in total. The number of halogens is 2. The number of nitrogens with zero attached hydrogens (tertiary/aromatic N) is 4. The number of aromatic amines is 1. The fourth-order valence-electron chi connectivity index (χ4n) is 2.02. The lowest BCUT2D eigenvalue weighted by Crippen LogP contribution is -2.22. The number of fused-ring (bicyclic) bond motifs is 1. The van der Waals surface area contributed by atoms with Gasteiger partial charge in [0.1, 0.15) is 11.3 Å². The second-order valence-electron chi connectivity index (χ2n) is 4.25. The zero-order chi connectivity index (χ0) is 14.3. The van der Waals surface area contributed by atoms with E-state index in [-0.39, 0.29) is 11.0 Å². The third kappa shape index (κ3) is 2.05. The van der Waals surface area contributed by atoms with Crippen molar-refractivity contribution in [1.82, 2.24) is 24.5 Å². The average molecular weight is 294 g/mol. The lowest BCUT2D eigenvalue weighted by Gasteiger charge is -2.12. The highest BCUT2D eigenvalue weighted by molar-refractivity contribution is 6.28. The van der Waals surface area contributed by atoms with Crippen LogP contribution in [0.25, 0.3) is 11.2 Å². The number of H-pyrrole nitrogens is 1. The number of pyridine rings is 1. The van der Waals surface area contributed by atoms with Crippen LogP contribution in [0.3, 0.4) is 0 Å². The summed E-state index contributed by atoms with van der Waals surface area (Å²) < 4.78 is 14.3. The Morgan fingerprint density at radius 2 is 2.15 bits per heavy atom. The molecule has 3 rings (SSSR count). The lowest BCUT2D eigenvalue weighted by atomic mass is 10.2. The quantitative estimate of drug-likeness (QED) is 0.732. The molecule has 3 heterocycles. The van der Waals surface area contributed by atoms with Crippen molar-refractivity contribution < 1.29 is 4.39 Å². The molecule has 0 aliphatic heterocycles. The van der Waals surface area contributed by atoms with E-state index in [0.717, 1.165) is 6.20 Å². The van der Waals surface area contributed by atoms with E-state index in [9.17, 15) is 9.18 Å². The molecule has 0 saturated carbocycles. The summed E-state index contributed by atoms with van der Waals surface area (Å²) in [5.41, 5.74) is 1.06. The van der Waals surface area contributed by atoms with Gasteiger partial charge in [-0.05, 0) is 30.7 Å². The second-order valence-corrected chi connectivity index (χ2v) is 4.59. The van der Waals surface area contributed by atoms with Crippen LogP contribution >= 0.6 is 11.6 Å². The topological polar surface area (TPSA) is 76.5 Å². The van der Waals surface area contributed by atoms with Gasteiger partial charge in [0.25, 0.3) is 0 Å². The first-order valence-corrected chi connectivity index (χ1v) is 6.18. The SMILES string of the molecule is CC(c1ccc(F)cn1)n1c(=O)[nH]c2cnc(Cl)nc21. The first kappa shape index (κ1) is 12.7. The monoisotopic (exact) mass is 293 g/mol. The molecule has 3 aromatic rings. The van der Waals surface area contributed by atoms with E-state index < -0.39 is 11.9 Å². The van der Waals surface area contributed by atoms with Crippen LogP contribution in [-0.4, -0.2) is 24.5 Å². The maximum atomic E-state index is 12.9. The Morgan fingerprint density at radius 1 is 1.35 bits per heavy atom. The maximum Gasteiger partial charge on any atom is 0.328 e. The minimum Gasteiger partial charge on any atom is -0.303 e. The lowest BCUT2D eigenvalue weighted by molar-refractivity contribution is 0.592. The van der Waals surface area contributed by atoms with E-state index in [0.29, 0.717) is 16.9 Å². The van der Waals surface area contributed by atoms with Crippen molar-refractivity contribution >= 4 is 22.8 Å². The Kier molecular flexibility index (Phi) is 2.98. The number of nitrogens with one attached hydrogen (secondary N) is 1. The van der Waals surface area contributed by atoms with Crippen LogP contribution in [0.15, 0.2) is 29.3 Å². The van der Waals surface area contributed by atoms with Gasteiger partial charge in [0.2, 0.25) is 5.28 Å². The van der Waals surface area contributed by atoms with E-state index in [2.05, 4.69) is 19.9 Å². The van der Waals surface area contributed by atoms with Crippen molar-refractivity contribution in [3.05, 3.63) is 51.8 Å². The van der Waals surface area contributed by atoms with E-state index in [4.69, 9.17) is 11.6 Å². The molecule has 0 aromatic carbocycles. The van der Waals surface area contributed by atoms with Gasteiger partial charge < -0.3 is 4.98 Å². The number of hydrogen-bond acceptors (Lipinski definition) is 4. The Balaban J connectivity index is 2.18. The molecule has 0 spiro atoms. The van der Waals surface area contributed by atoms with Crippen LogP contribution in [0.2, 0.25) is 5.28 Å². The molecule has 0 bridgehead atoms. The standard InChI is InChI=1S/C12H9ClFN5O/c1-6(8-3-2-7(14)4-15-8)19-10-9(17-12(19)20)5-16-11(13)18-10/h2-6H,1H3,(H,17,20). The second kappa shape index (κ2) is 4.68. The zero-order valence-electron chi connectivity index (χ0n) is 10.3. The minimum atomic E-state index is -0.433. The highest BCUT2D eigenvalue weighted by Gasteiger charge is 2.17. The van der Waals surface area contributed by atoms with Crippen LogP contribution < -0.4 is 5.69 Å². The van der Waals surface area contributed by atoms with Gasteiger partial charge in [-0.25, -0.2) is 14.2 Å². The third-order valence-corrected chi connectivity index (χ3v) is 3.18. The highest BCUT2D eigenvalue weighted by Crippen LogP contribution is 2.19. The highest BCUT2D eigenvalue weighted by atomic mass is 35.5. The largest absolute Gasteiger partial charge is 0.328 e. The van der Waals surface area contributed by atoms with Gasteiger partial charge in [0.15, 0.2) is 5.65 Å². The molecule has 0 fully saturated rings. The van der Waals surface area contributed by atoms with E-state index >= 15 is 0 Å². The number of rotatable bonds is 2. The first-order valence-electron chi connectivity index (χ1n) is 5.80. The average Bonchev–Trinajstić information content (AvgIpc) is 2.74. The van der Waals surface area contributed by atoms with Crippen LogP contribution in [0.5, 0.6) is 0 Å². The Morgan fingerprint density at radius 3 is 2.85 bits per heavy atom. The van der Waals surface area contributed by atoms with Crippen molar-refractivity contribution in [1.29, 1.82) is 0 Å². The molecule has 0 saturated heterocycles. The van der Waals surface area contributed by atoms with Crippen LogP contribution in [0.1, 0.15) is 18.7 Å². The van der Waals surface area contributed by atoms with Crippen molar-refractivity contribution in [2.75, 3.05) is 0 Å². The minimum absolute atomic E-state index is 0.0458. The van der Waals surface area contributed by atoms with E-state index in [1.165, 1.54) is 22.9 Å². The Labute approximate surface area is 117 Å². The number of aromatic nitrogens is 5. The fourth-order valence-corrected chi connectivity index (χ4v) is 2.15. The van der Waals surface area contributed by atoms with Crippen molar-refractivity contribution in [2.45, 2.75) is 13.0 Å². The van der Waals surface area contributed by atoms with E-state index in [1.807, 2.05) is 0 Å². The molecule has 0 amide bonds. The fraction of sp³-hybridized carbons (Fsp3) is 0.167. The summed E-state index contributed by atoms with van der Waals surface area (Å²) in [6, 6.07) is 2.40. The van der Waals surface area contributed by atoms with Crippen LogP contribution in [-0.2, 0) is 0 Å². The van der Waals surface area contributed by atoms with Gasteiger partial charge in [-0.3, -0.25) is 9.55 Å². The van der Waals surface area contributed by atoms with Crippen molar-refractivity contribution in [2.24, 2.45) is 0 Å². The molecule has 0 radical (unpaired) electrons. The third-order valence-electron chi connectivity index (χ3n) is 2.99. The summed E-state index contributed by atoms with van der Waals surface area (Å²) in [6.07, 6.45) is 2.54. The van der Waals surface area contributed by atoms with Gasteiger partial charge in [0.05, 0.1) is 24.1 Å². The zero-order valence-corrected chi connectivity index (χ0v) is 11.1. The molecular formula is C12H9ClFN5O. The normalized spacial score (nSPS) is 12.8. The van der Waals surface area contributed by atoms with Gasteiger partial charge >= 0.3 is 5.69 Å². The first-order chi connectivity index (χ1) is 9.56. The van der Waals surface area contributed by atoms with Crippen LogP contribution in [0.4, 0.5) is 4.39 Å². The van der Waals surface area contributed by atoms with Gasteiger partial charge in [-0.2, -0.15) is 4.98 Å². The summed E-state index contributed by atoms with van der Waals surface area (Å²) in [5, 5.41) is 0.0458. The van der Waals surface area contributed by atoms with Gasteiger partial charge in [0, 0.05) is 0 Å². The van der Waals surface area contributed by atoms with Crippen LogP contribution in [0, 0.1) is 5.82 Å². The summed E-state index contributed by atoms with van der Waals surface area (Å²) in [7, 11) is 0. The Bertz CT molecular complexity index is 826. The molecule has 1 N–H and O–H groups in total. The predicted octanol–water partition coefficient (Wildman–Crippen LogP) is 1.92. The van der Waals surface area contributed by atoms with Crippen molar-refractivity contribution in [3.63, 3.8) is 0 Å². The Hall–Kier alpha value is -2.28. The van der Waals surface area contributed by atoms with Crippen molar-refractivity contribution in [3.8, 4) is 0 Å². The van der Waals surface area contributed by atoms with Gasteiger partial charge in [-0.1, -0.05) is 0 Å². The molecule has 20 heavy (non-hydrogen) atoms. The van der Waals surface area contributed by atoms with Gasteiger partial charge in [-0.15, -0.1) is 0 Å². The summed E-state index contributed by atoms with van der Waals surface area (Å²) in [5.74, 6) is -0.433. The number of hydrogen-bond donors (Lipinski definition) is 1. The number of imidazole rings is 1. The summed E-state index contributed by atoms with van der Waals surface area (Å²) >= 11 is 5.75. The predicted molar refractivity (Wildman–Crippen MR) is 71.2 cm³/mol. The molecule has 0 aliphatic rings. The molecule has 102 valence electrons. The molecular weight excluding hydrogens is 285 g/mol. The smallest absolute Gasteiger partial charge is 0.303 e. The molecule has 0 aliphatic carbocycles. The molecule has 1 unspecified atom stereocenters. The molecule has 8 heteroatoms. The molecule has 1 atom stereocenters. The molecule has 3 aromatic heterocycles.